The fourth-order valence-electron chi connectivity index (χ4n) is 1.00. The molecule has 0 unspecified atom stereocenters. The maximum atomic E-state index is 11.5. The predicted molar refractivity (Wildman–Crippen MR) is 67.3 cm³/mol. The first-order valence-corrected chi connectivity index (χ1v) is 6.24. The van der Waals surface area contributed by atoms with E-state index in [1.165, 1.54) is 0 Å². The van der Waals surface area contributed by atoms with Crippen LogP contribution in [0.5, 0.6) is 0 Å². The molecule has 4 heteroatoms. The summed E-state index contributed by atoms with van der Waals surface area (Å²) in [4.78, 5) is 11.5. The van der Waals surface area contributed by atoms with Crippen LogP contribution >= 0.6 is 34.2 Å². The van der Waals surface area contributed by atoms with Crippen LogP contribution in [0.2, 0.25) is 5.02 Å². The van der Waals surface area contributed by atoms with E-state index in [-0.39, 0.29) is 5.91 Å². The molecule has 1 aromatic carbocycles. The average molecular weight is 324 g/mol. The molecule has 1 N–H and O–H groups in total. The minimum absolute atomic E-state index is 0.0580. The van der Waals surface area contributed by atoms with E-state index in [0.29, 0.717) is 17.1 Å². The fraction of sp³-hybridized carbons (Fsp3) is 0.300. The van der Waals surface area contributed by atoms with Crippen LogP contribution in [0, 0.1) is 0 Å². The maximum Gasteiger partial charge on any atom is 0.251 e. The third-order valence-corrected chi connectivity index (χ3v) is 2.68. The van der Waals surface area contributed by atoms with Gasteiger partial charge in [-0.05, 0) is 24.6 Å². The number of nitrogens with one attached hydrogen (secondary N) is 1. The third-order valence-electron chi connectivity index (χ3n) is 1.68. The van der Waals surface area contributed by atoms with Crippen molar-refractivity contribution >= 4 is 40.1 Å². The van der Waals surface area contributed by atoms with Crippen LogP contribution in [-0.2, 0) is 0 Å². The van der Waals surface area contributed by atoms with Crippen molar-refractivity contribution < 1.29 is 4.79 Å². The van der Waals surface area contributed by atoms with E-state index >= 15 is 0 Å². The average Bonchev–Trinajstić information content (AvgIpc) is 2.18. The molecule has 2 nitrogen and oxygen atoms in total. The molecule has 1 amide bonds. The first-order valence-electron chi connectivity index (χ1n) is 4.34. The van der Waals surface area contributed by atoms with Gasteiger partial charge in [-0.15, -0.1) is 0 Å². The smallest absolute Gasteiger partial charge is 0.251 e. The molecule has 0 radical (unpaired) electrons. The zero-order chi connectivity index (χ0) is 10.4. The Bertz CT molecular complexity index is 317. The van der Waals surface area contributed by atoms with Gasteiger partial charge in [0.25, 0.3) is 5.91 Å². The number of hydrogen-bond acceptors (Lipinski definition) is 1. The van der Waals surface area contributed by atoms with Gasteiger partial charge in [0.15, 0.2) is 0 Å². The zero-order valence-corrected chi connectivity index (χ0v) is 10.5. The molecule has 0 saturated heterocycles. The van der Waals surface area contributed by atoms with Gasteiger partial charge in [0.05, 0.1) is 0 Å². The monoisotopic (exact) mass is 323 g/mol. The van der Waals surface area contributed by atoms with E-state index in [2.05, 4.69) is 27.9 Å². The molecular formula is C10H11ClINO. The number of alkyl halides is 1. The second-order valence-electron chi connectivity index (χ2n) is 2.81. The van der Waals surface area contributed by atoms with Gasteiger partial charge in [-0.1, -0.05) is 40.3 Å². The van der Waals surface area contributed by atoms with Crippen molar-refractivity contribution in [2.24, 2.45) is 0 Å². The summed E-state index contributed by atoms with van der Waals surface area (Å²) in [5.41, 5.74) is 0.617. The van der Waals surface area contributed by atoms with E-state index in [4.69, 9.17) is 11.6 Å². The molecule has 0 aliphatic carbocycles. The Labute approximate surface area is 102 Å². The first kappa shape index (κ1) is 11.8. The molecule has 0 aromatic heterocycles. The van der Waals surface area contributed by atoms with Gasteiger partial charge in [0, 0.05) is 21.6 Å². The second-order valence-corrected chi connectivity index (χ2v) is 4.32. The molecule has 1 aromatic rings. The van der Waals surface area contributed by atoms with Crippen LogP contribution in [0.25, 0.3) is 0 Å². The SMILES string of the molecule is O=C(NCCCI)c1cccc(Cl)c1. The summed E-state index contributed by atoms with van der Waals surface area (Å²) < 4.78 is 1.05. The van der Waals surface area contributed by atoms with Crippen LogP contribution in [0.4, 0.5) is 0 Å². The Morgan fingerprint density at radius 3 is 2.93 bits per heavy atom. The van der Waals surface area contributed by atoms with Crippen LogP contribution in [0.15, 0.2) is 24.3 Å². The largest absolute Gasteiger partial charge is 0.352 e. The van der Waals surface area contributed by atoms with Crippen LogP contribution in [-0.4, -0.2) is 16.9 Å². The van der Waals surface area contributed by atoms with E-state index < -0.39 is 0 Å². The molecule has 0 spiro atoms. The minimum atomic E-state index is -0.0580. The van der Waals surface area contributed by atoms with Gasteiger partial charge in [-0.3, -0.25) is 4.79 Å². The predicted octanol–water partition coefficient (Wildman–Crippen LogP) is 2.89. The highest BCUT2D eigenvalue weighted by atomic mass is 127. The molecule has 0 bridgehead atoms. The highest BCUT2D eigenvalue weighted by molar-refractivity contribution is 14.1. The van der Waals surface area contributed by atoms with Crippen LogP contribution < -0.4 is 5.32 Å². The molecule has 0 heterocycles. The Balaban J connectivity index is 2.52. The Hall–Kier alpha value is -0.290. The minimum Gasteiger partial charge on any atom is -0.352 e. The van der Waals surface area contributed by atoms with Gasteiger partial charge >= 0.3 is 0 Å². The Morgan fingerprint density at radius 1 is 1.50 bits per heavy atom. The number of amides is 1. The summed E-state index contributed by atoms with van der Waals surface area (Å²) >= 11 is 8.05. The van der Waals surface area contributed by atoms with Crippen molar-refractivity contribution in [3.05, 3.63) is 34.9 Å². The molecule has 0 fully saturated rings. The van der Waals surface area contributed by atoms with Gasteiger partial charge in [-0.25, -0.2) is 0 Å². The van der Waals surface area contributed by atoms with Gasteiger partial charge < -0.3 is 5.32 Å². The summed E-state index contributed by atoms with van der Waals surface area (Å²) in [5, 5.41) is 3.41. The third kappa shape index (κ3) is 3.84. The first-order chi connectivity index (χ1) is 6.74. The summed E-state index contributed by atoms with van der Waals surface area (Å²) in [6.07, 6.45) is 0.993. The van der Waals surface area contributed by atoms with Crippen LogP contribution in [0.1, 0.15) is 16.8 Å². The summed E-state index contributed by atoms with van der Waals surface area (Å²) in [7, 11) is 0. The summed E-state index contributed by atoms with van der Waals surface area (Å²) in [5.74, 6) is -0.0580. The van der Waals surface area contributed by atoms with E-state index in [1.807, 2.05) is 0 Å². The number of hydrogen-bond donors (Lipinski definition) is 1. The number of carbonyl (C=O) groups excluding carboxylic acids is 1. The highest BCUT2D eigenvalue weighted by Gasteiger charge is 2.03. The molecule has 14 heavy (non-hydrogen) atoms. The Kier molecular flexibility index (Phi) is 5.25. The van der Waals surface area contributed by atoms with Gasteiger partial charge in [-0.2, -0.15) is 0 Å². The second kappa shape index (κ2) is 6.24. The van der Waals surface area contributed by atoms with Gasteiger partial charge in [0.2, 0.25) is 0 Å². The molecule has 76 valence electrons. The highest BCUT2D eigenvalue weighted by Crippen LogP contribution is 2.10. The molecule has 0 aliphatic heterocycles. The fourth-order valence-corrected chi connectivity index (χ4v) is 1.57. The lowest BCUT2D eigenvalue weighted by molar-refractivity contribution is 0.0954. The molecule has 0 atom stereocenters. The Morgan fingerprint density at radius 2 is 2.29 bits per heavy atom. The lowest BCUT2D eigenvalue weighted by Crippen LogP contribution is -2.24. The topological polar surface area (TPSA) is 29.1 Å². The van der Waals surface area contributed by atoms with Crippen LogP contribution in [0.3, 0.4) is 0 Å². The van der Waals surface area contributed by atoms with E-state index in [0.717, 1.165) is 10.8 Å². The van der Waals surface area contributed by atoms with Crippen molar-refractivity contribution in [2.75, 3.05) is 11.0 Å². The lowest BCUT2D eigenvalue weighted by Gasteiger charge is -2.03. The number of rotatable bonds is 4. The number of carbonyl (C=O) groups is 1. The molecule has 0 aliphatic rings. The normalized spacial score (nSPS) is 9.86. The van der Waals surface area contributed by atoms with Crippen molar-refractivity contribution in [3.8, 4) is 0 Å². The standard InChI is InChI=1S/C10H11ClINO/c11-9-4-1-3-8(7-9)10(14)13-6-2-5-12/h1,3-4,7H,2,5-6H2,(H,13,14). The van der Waals surface area contributed by atoms with Crippen molar-refractivity contribution in [3.63, 3.8) is 0 Å². The molecule has 0 saturated carbocycles. The molecular weight excluding hydrogens is 312 g/mol. The van der Waals surface area contributed by atoms with Crippen molar-refractivity contribution in [1.82, 2.24) is 5.32 Å². The molecule has 1 rings (SSSR count). The van der Waals surface area contributed by atoms with Crippen molar-refractivity contribution in [2.45, 2.75) is 6.42 Å². The summed E-state index contributed by atoms with van der Waals surface area (Å²) in [6, 6.07) is 6.95. The van der Waals surface area contributed by atoms with E-state index in [1.54, 1.807) is 24.3 Å². The summed E-state index contributed by atoms with van der Waals surface area (Å²) in [6.45, 7) is 0.717. The number of benzene rings is 1. The number of halogens is 2. The maximum absolute atomic E-state index is 11.5. The quantitative estimate of drug-likeness (QED) is 0.515. The lowest BCUT2D eigenvalue weighted by atomic mass is 10.2. The van der Waals surface area contributed by atoms with Gasteiger partial charge in [0.1, 0.15) is 0 Å². The van der Waals surface area contributed by atoms with Crippen molar-refractivity contribution in [1.29, 1.82) is 0 Å². The zero-order valence-electron chi connectivity index (χ0n) is 7.59. The van der Waals surface area contributed by atoms with E-state index in [9.17, 15) is 4.79 Å².